The summed E-state index contributed by atoms with van der Waals surface area (Å²) in [6.45, 7) is 2.17. The van der Waals surface area contributed by atoms with Crippen LogP contribution < -0.4 is 27.0 Å². The van der Waals surface area contributed by atoms with Crippen molar-refractivity contribution in [3.05, 3.63) is 12.7 Å². The highest BCUT2D eigenvalue weighted by atomic mass is 32.2. The molecule has 1 saturated heterocycles. The first kappa shape index (κ1) is 56.6. The number of carbonyl (C=O) groups excluding carboxylic acids is 5. The van der Waals surface area contributed by atoms with Crippen molar-refractivity contribution in [1.82, 2.24) is 40.8 Å². The largest absolute Gasteiger partial charge is 0.481 e. The number of methoxy groups -OCH3 is 1. The van der Waals surface area contributed by atoms with Crippen molar-refractivity contribution in [3.63, 3.8) is 0 Å². The highest BCUT2D eigenvalue weighted by Crippen LogP contribution is 2.61. The van der Waals surface area contributed by atoms with E-state index in [-0.39, 0.29) is 54.7 Å². The number of aliphatic hydroxyl groups is 2. The summed E-state index contributed by atoms with van der Waals surface area (Å²) in [5.41, 5.74) is 4.23. The van der Waals surface area contributed by atoms with Gasteiger partial charge in [-0.15, -0.1) is 0 Å². The number of imidazole rings is 1. The van der Waals surface area contributed by atoms with Crippen molar-refractivity contribution in [1.29, 1.82) is 0 Å². The summed E-state index contributed by atoms with van der Waals surface area (Å²) in [5, 5.41) is 31.8. The molecule has 29 nitrogen and oxygen atoms in total. The fourth-order valence-electron chi connectivity index (χ4n) is 5.90. The van der Waals surface area contributed by atoms with Gasteiger partial charge in [0.05, 0.1) is 26.7 Å². The molecular formula is C33H56N9O20P3S. The molecule has 1 aliphatic rings. The van der Waals surface area contributed by atoms with E-state index < -0.39 is 96.6 Å². The second-order valence-electron chi connectivity index (χ2n) is 15.1. The number of ether oxygens (including phenoxy) is 2. The van der Waals surface area contributed by atoms with E-state index in [1.165, 1.54) is 39.6 Å². The van der Waals surface area contributed by atoms with Crippen LogP contribution in [0.2, 0.25) is 0 Å². The van der Waals surface area contributed by atoms with Crippen LogP contribution in [0.15, 0.2) is 12.7 Å². The van der Waals surface area contributed by atoms with Gasteiger partial charge in [0.15, 0.2) is 17.7 Å². The van der Waals surface area contributed by atoms with Gasteiger partial charge in [0.1, 0.15) is 42.3 Å². The second kappa shape index (κ2) is 25.6. The molecule has 8 atom stereocenters. The molecule has 374 valence electrons. The normalized spacial score (nSPS) is 20.4. The third-order valence-corrected chi connectivity index (χ3v) is 13.3. The van der Waals surface area contributed by atoms with Gasteiger partial charge in [0.2, 0.25) is 23.6 Å². The highest BCUT2D eigenvalue weighted by molar-refractivity contribution is 7.99. The number of fused-ring (bicyclic) bond motifs is 1. The third-order valence-electron chi connectivity index (χ3n) is 9.22. The Morgan fingerprint density at radius 3 is 2.27 bits per heavy atom. The van der Waals surface area contributed by atoms with Gasteiger partial charge < -0.3 is 66.3 Å². The van der Waals surface area contributed by atoms with Crippen molar-refractivity contribution >= 4 is 81.8 Å². The Morgan fingerprint density at radius 2 is 1.61 bits per heavy atom. The Bertz CT molecular complexity index is 2130. The van der Waals surface area contributed by atoms with Crippen LogP contribution in [0, 0.1) is 5.41 Å². The van der Waals surface area contributed by atoms with Gasteiger partial charge >= 0.3 is 29.4 Å². The van der Waals surface area contributed by atoms with Crippen LogP contribution in [-0.4, -0.2) is 161 Å². The molecule has 3 heterocycles. The molecule has 2 unspecified atom stereocenters. The van der Waals surface area contributed by atoms with Crippen molar-refractivity contribution < 1.29 is 94.8 Å². The van der Waals surface area contributed by atoms with Crippen LogP contribution in [-0.2, 0) is 65.0 Å². The van der Waals surface area contributed by atoms with E-state index in [4.69, 9.17) is 19.5 Å². The summed E-state index contributed by atoms with van der Waals surface area (Å²) < 4.78 is 67.0. The number of rotatable bonds is 29. The summed E-state index contributed by atoms with van der Waals surface area (Å²) in [4.78, 5) is 111. The number of hydrogen-bond acceptors (Lipinski definition) is 21. The molecule has 0 bridgehead atoms. The number of hydrogen-bond donors (Lipinski definition) is 11. The standard InChI is InChI=1S/C33H56N9O20P3S/c1-19(43)41-20(32(49)57-4)7-5-6-10-35-23(45)9-13-66-14-12-36-22(44)8-11-37-30(48)27(47)33(2,3)16-59-65(55,56)62-64(53,54)58-15-21-26(61-63(50,51)52)25(46)31(60-21)42-18-40-24-28(34)38-17-39-29(24)42/h17-18,20-21,25-27,31,46-47H,5-16H2,1-4H3,(H,35,45)(H,36,44)(H,37,48)(H,41,43)(H,53,54)(H,55,56)(H2,34,38,39)(H2,50,51,52)/t20-,21+,25+,26+,27+,31+/m0/s1. The Kier molecular flexibility index (Phi) is 22.0. The number of esters is 1. The molecule has 0 aromatic carbocycles. The van der Waals surface area contributed by atoms with Crippen molar-refractivity contribution in [3.8, 4) is 0 Å². The van der Waals surface area contributed by atoms with Crippen LogP contribution in [0.1, 0.15) is 59.1 Å². The highest BCUT2D eigenvalue weighted by Gasteiger charge is 2.50. The summed E-state index contributed by atoms with van der Waals surface area (Å²) >= 11 is 1.42. The number of amides is 4. The molecular weight excluding hydrogens is 967 g/mol. The van der Waals surface area contributed by atoms with E-state index in [0.29, 0.717) is 37.3 Å². The number of nitrogens with one attached hydrogen (secondary N) is 4. The molecule has 0 saturated carbocycles. The van der Waals surface area contributed by atoms with Crippen LogP contribution in [0.5, 0.6) is 0 Å². The molecule has 33 heteroatoms. The average Bonchev–Trinajstić information content (AvgIpc) is 3.79. The second-order valence-corrected chi connectivity index (χ2v) is 20.5. The Balaban J connectivity index is 1.35. The number of nitrogens with zero attached hydrogens (tertiary/aromatic N) is 4. The predicted octanol–water partition coefficient (Wildman–Crippen LogP) is -1.51. The minimum absolute atomic E-state index is 0.0214. The first-order valence-electron chi connectivity index (χ1n) is 19.8. The van der Waals surface area contributed by atoms with Crippen molar-refractivity contribution in [2.24, 2.45) is 5.41 Å². The fourth-order valence-corrected chi connectivity index (χ4v) is 9.50. The lowest BCUT2D eigenvalue weighted by atomic mass is 9.87. The minimum atomic E-state index is -5.59. The molecule has 0 aliphatic carbocycles. The summed E-state index contributed by atoms with van der Waals surface area (Å²) in [6, 6.07) is -0.751. The van der Waals surface area contributed by atoms with Crippen molar-refractivity contribution in [2.45, 2.75) is 89.6 Å². The zero-order valence-corrected chi connectivity index (χ0v) is 39.6. The third kappa shape index (κ3) is 18.8. The van der Waals surface area contributed by atoms with E-state index in [1.54, 1.807) is 0 Å². The lowest BCUT2D eigenvalue weighted by Crippen LogP contribution is -2.46. The zero-order valence-electron chi connectivity index (χ0n) is 36.1. The number of aromatic nitrogens is 4. The van der Waals surface area contributed by atoms with E-state index in [9.17, 15) is 67.5 Å². The van der Waals surface area contributed by atoms with Gasteiger partial charge in [0, 0.05) is 56.3 Å². The van der Waals surface area contributed by atoms with Gasteiger partial charge in [-0.1, -0.05) is 13.8 Å². The first-order valence-corrected chi connectivity index (χ1v) is 25.5. The maximum Gasteiger partial charge on any atom is 0.481 e. The summed E-state index contributed by atoms with van der Waals surface area (Å²) in [5.74, 6) is -1.58. The monoisotopic (exact) mass is 1020 g/mol. The van der Waals surface area contributed by atoms with Crippen LogP contribution >= 0.6 is 35.2 Å². The maximum atomic E-state index is 12.7. The number of aliphatic hydroxyl groups excluding tert-OH is 2. The number of thioether (sulfide) groups is 1. The number of unbranched alkanes of at least 4 members (excludes halogenated alkanes) is 1. The molecule has 0 spiro atoms. The predicted molar refractivity (Wildman–Crippen MR) is 228 cm³/mol. The van der Waals surface area contributed by atoms with E-state index in [0.717, 1.165) is 17.2 Å². The van der Waals surface area contributed by atoms with Gasteiger partial charge in [0.25, 0.3) is 0 Å². The maximum absolute atomic E-state index is 12.7. The van der Waals surface area contributed by atoms with Gasteiger partial charge in [-0.3, -0.25) is 37.3 Å². The minimum Gasteiger partial charge on any atom is -0.467 e. The first-order chi connectivity index (χ1) is 30.8. The molecule has 1 fully saturated rings. The molecule has 2 aromatic rings. The lowest BCUT2D eigenvalue weighted by Gasteiger charge is -2.30. The summed E-state index contributed by atoms with van der Waals surface area (Å²) in [7, 11) is -15.2. The summed E-state index contributed by atoms with van der Waals surface area (Å²) in [6.07, 6.45) is -5.26. The van der Waals surface area contributed by atoms with Gasteiger partial charge in [-0.05, 0) is 19.3 Å². The molecule has 2 aromatic heterocycles. The number of nitrogen functional groups attached to an aromatic ring is 1. The molecule has 3 rings (SSSR count). The van der Waals surface area contributed by atoms with Gasteiger partial charge in [-0.25, -0.2) is 33.4 Å². The molecule has 1 aliphatic heterocycles. The molecule has 0 radical (unpaired) electrons. The topological polar surface area (TPSA) is 431 Å². The molecule has 12 N–H and O–H groups in total. The lowest BCUT2D eigenvalue weighted by molar-refractivity contribution is -0.145. The molecule has 4 amide bonds. The van der Waals surface area contributed by atoms with Crippen LogP contribution in [0.4, 0.5) is 5.82 Å². The Hall–Kier alpha value is -3.70. The van der Waals surface area contributed by atoms with E-state index in [1.807, 2.05) is 0 Å². The quantitative estimate of drug-likeness (QED) is 0.0251. The van der Waals surface area contributed by atoms with Crippen molar-refractivity contribution in [2.75, 3.05) is 57.2 Å². The Labute approximate surface area is 381 Å². The zero-order chi connectivity index (χ0) is 49.5. The van der Waals surface area contributed by atoms with Crippen LogP contribution in [0.3, 0.4) is 0 Å². The SMILES string of the molecule is COC(=O)[C@H](CCCCNC(=O)CCSCCNC(=O)CCNC(=O)[C@@H](O)C(C)(C)COP(=O)(O)OP(=O)(O)OC[C@H]1O[C@@H](n2cnc3c(N)ncnc32)[C@H](O)[C@@H]1OP(=O)(O)O)NC(C)=O. The molecule has 66 heavy (non-hydrogen) atoms. The van der Waals surface area contributed by atoms with E-state index in [2.05, 4.69) is 49.8 Å². The average molecular weight is 1020 g/mol. The fraction of sp³-hybridized carbons (Fsp3) is 0.697. The number of phosphoric acid groups is 3. The smallest absolute Gasteiger partial charge is 0.467 e. The number of anilines is 1. The number of nitrogens with two attached hydrogens (primary N) is 1. The van der Waals surface area contributed by atoms with E-state index >= 15 is 0 Å². The Morgan fingerprint density at radius 1 is 0.939 bits per heavy atom. The van der Waals surface area contributed by atoms with Crippen LogP contribution in [0.25, 0.3) is 11.2 Å². The number of carbonyl (C=O) groups is 5. The number of phosphoric ester groups is 3. The van der Waals surface area contributed by atoms with Gasteiger partial charge in [-0.2, -0.15) is 16.1 Å².